The van der Waals surface area contributed by atoms with Crippen LogP contribution < -0.4 is 21.1 Å². The summed E-state index contributed by atoms with van der Waals surface area (Å²) in [4.78, 5) is 24.3. The van der Waals surface area contributed by atoms with Gasteiger partial charge < -0.3 is 25.8 Å². The summed E-state index contributed by atoms with van der Waals surface area (Å²) in [6.07, 6.45) is 0.0805. The Morgan fingerprint density at radius 2 is 1.66 bits per heavy atom. The Morgan fingerprint density at radius 1 is 1.03 bits per heavy atom. The third-order valence-corrected chi connectivity index (χ3v) is 8.05. The molecule has 0 aliphatic carbocycles. The normalized spacial score (nSPS) is 15.5. The first-order valence-corrected chi connectivity index (χ1v) is 11.7. The summed E-state index contributed by atoms with van der Waals surface area (Å²) in [6.45, 7) is 1.15. The Morgan fingerprint density at radius 3 is 2.22 bits per heavy atom. The van der Waals surface area contributed by atoms with Crippen molar-refractivity contribution in [3.63, 3.8) is 0 Å². The van der Waals surface area contributed by atoms with Crippen LogP contribution in [0.25, 0.3) is 0 Å². The maximum Gasteiger partial charge on any atom is 0.251 e. The van der Waals surface area contributed by atoms with Gasteiger partial charge in [0, 0.05) is 37.6 Å². The molecule has 0 aromatic heterocycles. The molecule has 1 heterocycles. The average Bonchev–Trinajstić information content (AvgIpc) is 2.82. The molecule has 172 valence electrons. The van der Waals surface area contributed by atoms with Crippen molar-refractivity contribution >= 4 is 27.3 Å². The van der Waals surface area contributed by atoms with Crippen molar-refractivity contribution in [3.05, 3.63) is 54.1 Å². The lowest BCUT2D eigenvalue weighted by molar-refractivity contribution is -0.122. The van der Waals surface area contributed by atoms with Gasteiger partial charge in [-0.1, -0.05) is 0 Å². The molecule has 9 nitrogen and oxygen atoms in total. The molecule has 3 rings (SSSR count). The quantitative estimate of drug-likeness (QED) is 0.479. The lowest BCUT2D eigenvalue weighted by Gasteiger charge is -2.33. The van der Waals surface area contributed by atoms with Gasteiger partial charge in [0.1, 0.15) is 5.75 Å². The first kappa shape index (κ1) is 23.6. The van der Waals surface area contributed by atoms with E-state index in [2.05, 4.69) is 10.6 Å². The monoisotopic (exact) mass is 461 g/mol. The molecule has 1 fully saturated rings. The summed E-state index contributed by atoms with van der Waals surface area (Å²) in [5.41, 5.74) is 6.70. The minimum atomic E-state index is -3.96. The zero-order valence-corrected chi connectivity index (χ0v) is 18.6. The highest BCUT2D eigenvalue weighted by molar-refractivity contribution is 7.93. The Labute approximate surface area is 187 Å². The predicted molar refractivity (Wildman–Crippen MR) is 119 cm³/mol. The highest BCUT2D eigenvalue weighted by Crippen LogP contribution is 2.35. The van der Waals surface area contributed by atoms with E-state index in [1.807, 2.05) is 0 Å². The predicted octanol–water partition coefficient (Wildman–Crippen LogP) is 1.35. The number of benzene rings is 2. The molecule has 10 heteroatoms. The first-order chi connectivity index (χ1) is 15.3. The zero-order valence-electron chi connectivity index (χ0n) is 17.8. The minimum absolute atomic E-state index is 0.0385. The van der Waals surface area contributed by atoms with E-state index in [0.717, 1.165) is 0 Å². The number of hydrogen-bond donors (Lipinski definition) is 3. The number of hydrogen-bond acceptors (Lipinski definition) is 7. The van der Waals surface area contributed by atoms with E-state index in [1.54, 1.807) is 43.5 Å². The second-order valence-corrected chi connectivity index (χ2v) is 9.67. The number of ether oxygens (including phenoxy) is 2. The maximum absolute atomic E-state index is 13.1. The van der Waals surface area contributed by atoms with Gasteiger partial charge in [-0.05, 0) is 61.4 Å². The summed E-state index contributed by atoms with van der Waals surface area (Å²) in [6, 6.07) is 12.9. The van der Waals surface area contributed by atoms with E-state index >= 15 is 0 Å². The highest BCUT2D eigenvalue weighted by Gasteiger charge is 2.51. The molecule has 0 bridgehead atoms. The van der Waals surface area contributed by atoms with Crippen LogP contribution in [-0.4, -0.2) is 58.4 Å². The van der Waals surface area contributed by atoms with Crippen molar-refractivity contribution < 1.29 is 27.5 Å². The number of amides is 2. The van der Waals surface area contributed by atoms with Crippen LogP contribution in [0.2, 0.25) is 0 Å². The van der Waals surface area contributed by atoms with Crippen LogP contribution in [0.4, 0.5) is 5.69 Å². The fraction of sp³-hybridized carbons (Fsp3) is 0.364. The topological polar surface area (TPSA) is 137 Å². The van der Waals surface area contributed by atoms with Crippen molar-refractivity contribution in [1.82, 2.24) is 5.32 Å². The number of carbonyl (C=O) groups excluding carboxylic acids is 2. The van der Waals surface area contributed by atoms with Crippen molar-refractivity contribution in [2.45, 2.75) is 22.5 Å². The molecular weight excluding hydrogens is 434 g/mol. The van der Waals surface area contributed by atoms with Crippen molar-refractivity contribution in [1.29, 1.82) is 0 Å². The largest absolute Gasteiger partial charge is 0.497 e. The molecule has 4 N–H and O–H groups in total. The third kappa shape index (κ3) is 4.86. The highest BCUT2D eigenvalue weighted by atomic mass is 32.2. The van der Waals surface area contributed by atoms with Crippen molar-refractivity contribution in [3.8, 4) is 5.75 Å². The second-order valence-electron chi connectivity index (χ2n) is 7.41. The lowest BCUT2D eigenvalue weighted by Crippen LogP contribution is -2.53. The molecule has 0 unspecified atom stereocenters. The van der Waals surface area contributed by atoms with E-state index in [4.69, 9.17) is 15.2 Å². The van der Waals surface area contributed by atoms with E-state index < -0.39 is 20.5 Å². The average molecular weight is 462 g/mol. The van der Waals surface area contributed by atoms with Gasteiger partial charge in [-0.15, -0.1) is 0 Å². The van der Waals surface area contributed by atoms with Gasteiger partial charge in [0.15, 0.2) is 14.6 Å². The van der Waals surface area contributed by atoms with Crippen LogP contribution >= 0.6 is 0 Å². The molecule has 0 spiro atoms. The summed E-state index contributed by atoms with van der Waals surface area (Å²) in [5.74, 6) is -0.382. The van der Waals surface area contributed by atoms with Crippen molar-refractivity contribution in [2.24, 2.45) is 5.73 Å². The van der Waals surface area contributed by atoms with Gasteiger partial charge in [-0.2, -0.15) is 0 Å². The molecule has 1 aliphatic heterocycles. The van der Waals surface area contributed by atoms with Crippen LogP contribution in [0.15, 0.2) is 53.4 Å². The van der Waals surface area contributed by atoms with Crippen molar-refractivity contribution in [2.75, 3.05) is 38.7 Å². The van der Waals surface area contributed by atoms with Gasteiger partial charge in [0.05, 0.1) is 12.0 Å². The Kier molecular flexibility index (Phi) is 7.37. The van der Waals surface area contributed by atoms with E-state index in [-0.39, 0.29) is 36.9 Å². The van der Waals surface area contributed by atoms with Crippen LogP contribution in [-0.2, 0) is 19.4 Å². The number of nitrogens with two attached hydrogens (primary N) is 1. The molecule has 0 radical (unpaired) electrons. The summed E-state index contributed by atoms with van der Waals surface area (Å²) < 4.78 is 34.9. The third-order valence-electron chi connectivity index (χ3n) is 5.52. The molecule has 2 aromatic carbocycles. The van der Waals surface area contributed by atoms with Gasteiger partial charge in [-0.25, -0.2) is 8.42 Å². The lowest BCUT2D eigenvalue weighted by atomic mass is 9.98. The minimum Gasteiger partial charge on any atom is -0.497 e. The maximum atomic E-state index is 13.1. The van der Waals surface area contributed by atoms with E-state index in [9.17, 15) is 18.0 Å². The number of anilines is 1. The standard InChI is InChI=1S/C22H27N3O6S/c1-30-18-6-2-16(3-7-18)20(26)25-13-12-24-17-4-8-19(9-5-17)32(28,29)22(21(23)27)10-14-31-15-11-22/h2-9,24H,10-15H2,1H3,(H2,23,27)(H,25,26). The first-order valence-electron chi connectivity index (χ1n) is 10.2. The van der Waals surface area contributed by atoms with Gasteiger partial charge in [0.25, 0.3) is 5.91 Å². The Hall–Kier alpha value is -3.11. The number of rotatable bonds is 9. The molecule has 32 heavy (non-hydrogen) atoms. The van der Waals surface area contributed by atoms with Gasteiger partial charge in [-0.3, -0.25) is 9.59 Å². The van der Waals surface area contributed by atoms with Crippen LogP contribution in [0.3, 0.4) is 0 Å². The Bertz CT molecular complexity index is 1050. The number of carbonyl (C=O) groups is 2. The molecule has 2 amide bonds. The van der Waals surface area contributed by atoms with Crippen LogP contribution in [0.5, 0.6) is 5.75 Å². The molecule has 0 atom stereocenters. The summed E-state index contributed by atoms with van der Waals surface area (Å²) >= 11 is 0. The summed E-state index contributed by atoms with van der Waals surface area (Å²) in [5, 5.41) is 5.92. The molecular formula is C22H27N3O6S. The molecule has 2 aromatic rings. The van der Waals surface area contributed by atoms with Gasteiger partial charge in [0.2, 0.25) is 5.91 Å². The number of sulfone groups is 1. The Balaban J connectivity index is 1.56. The fourth-order valence-corrected chi connectivity index (χ4v) is 5.47. The van der Waals surface area contributed by atoms with E-state index in [1.165, 1.54) is 12.1 Å². The summed E-state index contributed by atoms with van der Waals surface area (Å²) in [7, 11) is -2.40. The molecule has 0 saturated carbocycles. The second kappa shape index (κ2) is 10.0. The van der Waals surface area contributed by atoms with Crippen LogP contribution in [0.1, 0.15) is 23.2 Å². The van der Waals surface area contributed by atoms with Gasteiger partial charge >= 0.3 is 0 Å². The smallest absolute Gasteiger partial charge is 0.251 e. The zero-order chi connectivity index (χ0) is 23.2. The molecule has 1 aliphatic rings. The number of methoxy groups -OCH3 is 1. The number of nitrogens with one attached hydrogen (secondary N) is 2. The van der Waals surface area contributed by atoms with Crippen LogP contribution in [0, 0.1) is 0 Å². The number of primary amides is 1. The fourth-order valence-electron chi connectivity index (χ4n) is 3.55. The van der Waals surface area contributed by atoms with E-state index in [0.29, 0.717) is 30.1 Å². The molecule has 1 saturated heterocycles. The SMILES string of the molecule is COc1ccc(C(=O)NCCNc2ccc(S(=O)(=O)C3(C(N)=O)CCOCC3)cc2)cc1.